The summed E-state index contributed by atoms with van der Waals surface area (Å²) in [6.45, 7) is 3.96. The zero-order valence-corrected chi connectivity index (χ0v) is 16.3. The first-order valence-electron chi connectivity index (χ1n) is 8.86. The van der Waals surface area contributed by atoms with Gasteiger partial charge in [0.25, 0.3) is 11.8 Å². The molecule has 29 heavy (non-hydrogen) atoms. The van der Waals surface area contributed by atoms with Crippen LogP contribution in [0.1, 0.15) is 11.1 Å². The number of ether oxygens (including phenoxy) is 1. The SMILES string of the molecule is Cc1ccc(NC(=O)C[NH+](C)CC(=O)Nc2ccc(OC(F)(F)F)cc2)c(C)c1. The molecule has 0 bridgehead atoms. The van der Waals surface area contributed by atoms with E-state index in [2.05, 4.69) is 15.4 Å². The van der Waals surface area contributed by atoms with Gasteiger partial charge in [0.15, 0.2) is 13.1 Å². The molecule has 0 radical (unpaired) electrons. The first-order chi connectivity index (χ1) is 13.5. The monoisotopic (exact) mass is 410 g/mol. The highest BCUT2D eigenvalue weighted by Gasteiger charge is 2.31. The van der Waals surface area contributed by atoms with Gasteiger partial charge < -0.3 is 20.3 Å². The van der Waals surface area contributed by atoms with Crippen LogP contribution in [0.15, 0.2) is 42.5 Å². The van der Waals surface area contributed by atoms with Crippen LogP contribution in [0.5, 0.6) is 5.75 Å². The van der Waals surface area contributed by atoms with Crippen molar-refractivity contribution in [3.63, 3.8) is 0 Å². The van der Waals surface area contributed by atoms with E-state index in [0.29, 0.717) is 10.6 Å². The number of carbonyl (C=O) groups excluding carboxylic acids is 2. The number of halogens is 3. The smallest absolute Gasteiger partial charge is 0.406 e. The second-order valence-corrected chi connectivity index (χ2v) is 6.80. The Kier molecular flexibility index (Phi) is 7.22. The topological polar surface area (TPSA) is 71.9 Å². The van der Waals surface area contributed by atoms with Crippen molar-refractivity contribution in [2.45, 2.75) is 20.2 Å². The van der Waals surface area contributed by atoms with E-state index in [0.717, 1.165) is 28.9 Å². The fourth-order valence-electron chi connectivity index (χ4n) is 2.70. The number of alkyl halides is 3. The molecule has 2 rings (SSSR count). The Balaban J connectivity index is 1.81. The molecule has 1 unspecified atom stereocenters. The van der Waals surface area contributed by atoms with Crippen LogP contribution in [0.4, 0.5) is 24.5 Å². The van der Waals surface area contributed by atoms with Crippen molar-refractivity contribution in [1.29, 1.82) is 0 Å². The standard InChI is InChI=1S/C20H22F3N3O3/c1-13-4-9-17(14(2)10-13)25-19(28)12-26(3)11-18(27)24-15-5-7-16(8-6-15)29-20(21,22)23/h4-10H,11-12H2,1-3H3,(H,24,27)(H,25,28)/p+1. The molecule has 9 heteroatoms. The largest absolute Gasteiger partial charge is 0.573 e. The normalized spacial score (nSPS) is 12.2. The fourth-order valence-corrected chi connectivity index (χ4v) is 2.70. The van der Waals surface area contributed by atoms with E-state index in [9.17, 15) is 22.8 Å². The summed E-state index contributed by atoms with van der Waals surface area (Å²) in [7, 11) is 1.70. The third-order valence-electron chi connectivity index (χ3n) is 3.95. The van der Waals surface area contributed by atoms with E-state index in [1.54, 1.807) is 7.05 Å². The molecular weight excluding hydrogens is 387 g/mol. The van der Waals surface area contributed by atoms with Crippen molar-refractivity contribution in [2.75, 3.05) is 30.8 Å². The van der Waals surface area contributed by atoms with Crippen molar-refractivity contribution in [2.24, 2.45) is 0 Å². The lowest BCUT2D eigenvalue weighted by Gasteiger charge is -2.15. The summed E-state index contributed by atoms with van der Waals surface area (Å²) in [6, 6.07) is 10.5. The number of anilines is 2. The lowest BCUT2D eigenvalue weighted by atomic mass is 10.1. The molecule has 0 spiro atoms. The summed E-state index contributed by atoms with van der Waals surface area (Å²) >= 11 is 0. The highest BCUT2D eigenvalue weighted by atomic mass is 19.4. The Morgan fingerprint density at radius 3 is 2.10 bits per heavy atom. The van der Waals surface area contributed by atoms with Gasteiger partial charge in [-0.3, -0.25) is 9.59 Å². The van der Waals surface area contributed by atoms with Crippen LogP contribution < -0.4 is 20.3 Å². The third-order valence-corrected chi connectivity index (χ3v) is 3.95. The molecule has 0 aliphatic heterocycles. The first kappa shape index (κ1) is 22.2. The maximum Gasteiger partial charge on any atom is 0.573 e. The van der Waals surface area contributed by atoms with Crippen LogP contribution >= 0.6 is 0 Å². The molecule has 0 aromatic heterocycles. The molecule has 3 N–H and O–H groups in total. The molecule has 2 amide bonds. The average molecular weight is 410 g/mol. The number of hydrogen-bond acceptors (Lipinski definition) is 3. The molecule has 0 heterocycles. The van der Waals surface area contributed by atoms with Gasteiger partial charge in [0.2, 0.25) is 0 Å². The van der Waals surface area contributed by atoms with Crippen LogP contribution in [0.2, 0.25) is 0 Å². The van der Waals surface area contributed by atoms with Crippen molar-refractivity contribution in [3.8, 4) is 5.75 Å². The lowest BCUT2D eigenvalue weighted by Crippen LogP contribution is -3.11. The maximum absolute atomic E-state index is 12.2. The van der Waals surface area contributed by atoms with Crippen LogP contribution in [-0.2, 0) is 9.59 Å². The van der Waals surface area contributed by atoms with Crippen LogP contribution in [0.25, 0.3) is 0 Å². The number of likely N-dealkylation sites (N-methyl/N-ethyl adjacent to an activating group) is 1. The Bertz CT molecular complexity index is 868. The fraction of sp³-hybridized carbons (Fsp3) is 0.300. The van der Waals surface area contributed by atoms with Gasteiger partial charge in [0.05, 0.1) is 7.05 Å². The second-order valence-electron chi connectivity index (χ2n) is 6.80. The summed E-state index contributed by atoms with van der Waals surface area (Å²) in [5.74, 6) is -0.969. The second kappa shape index (κ2) is 9.42. The molecule has 156 valence electrons. The van der Waals surface area contributed by atoms with Gasteiger partial charge in [0, 0.05) is 11.4 Å². The van der Waals surface area contributed by atoms with E-state index in [-0.39, 0.29) is 30.7 Å². The molecule has 0 saturated heterocycles. The molecule has 0 aliphatic carbocycles. The minimum absolute atomic E-state index is 0.0150. The molecular formula is C20H23F3N3O3+. The Labute approximate surface area is 166 Å². The van der Waals surface area contributed by atoms with Crippen LogP contribution in [-0.4, -0.2) is 38.3 Å². The molecule has 1 atom stereocenters. The average Bonchev–Trinajstić information content (AvgIpc) is 2.57. The van der Waals surface area contributed by atoms with E-state index < -0.39 is 6.36 Å². The number of quaternary nitrogens is 1. The Morgan fingerprint density at radius 1 is 0.966 bits per heavy atom. The zero-order chi connectivity index (χ0) is 21.6. The van der Waals surface area contributed by atoms with E-state index >= 15 is 0 Å². The summed E-state index contributed by atoms with van der Waals surface area (Å²) in [6.07, 6.45) is -4.77. The van der Waals surface area contributed by atoms with Gasteiger partial charge in [-0.1, -0.05) is 17.7 Å². The maximum atomic E-state index is 12.2. The minimum atomic E-state index is -4.77. The minimum Gasteiger partial charge on any atom is -0.406 e. The third kappa shape index (κ3) is 7.82. The Morgan fingerprint density at radius 2 is 1.55 bits per heavy atom. The molecule has 2 aromatic carbocycles. The Hall–Kier alpha value is -3.07. The highest BCUT2D eigenvalue weighted by molar-refractivity contribution is 5.93. The summed E-state index contributed by atoms with van der Waals surface area (Å²) in [4.78, 5) is 24.9. The van der Waals surface area contributed by atoms with Gasteiger partial charge in [-0.15, -0.1) is 13.2 Å². The van der Waals surface area contributed by atoms with Gasteiger partial charge in [-0.25, -0.2) is 0 Å². The number of amides is 2. The van der Waals surface area contributed by atoms with Gasteiger partial charge in [-0.05, 0) is 49.7 Å². The van der Waals surface area contributed by atoms with Crippen molar-refractivity contribution < 1.29 is 32.4 Å². The van der Waals surface area contributed by atoms with Gasteiger partial charge >= 0.3 is 6.36 Å². The summed E-state index contributed by atoms with van der Waals surface area (Å²) in [5, 5.41) is 5.39. The number of benzene rings is 2. The zero-order valence-electron chi connectivity index (χ0n) is 16.3. The van der Waals surface area contributed by atoms with Gasteiger partial charge in [-0.2, -0.15) is 0 Å². The quantitative estimate of drug-likeness (QED) is 0.656. The van der Waals surface area contributed by atoms with Crippen molar-refractivity contribution in [1.82, 2.24) is 0 Å². The van der Waals surface area contributed by atoms with Crippen molar-refractivity contribution >= 4 is 23.2 Å². The summed E-state index contributed by atoms with van der Waals surface area (Å²) in [5.41, 5.74) is 3.10. The molecule has 0 saturated carbocycles. The first-order valence-corrected chi connectivity index (χ1v) is 8.86. The van der Waals surface area contributed by atoms with Crippen LogP contribution in [0.3, 0.4) is 0 Å². The van der Waals surface area contributed by atoms with E-state index in [1.807, 2.05) is 32.0 Å². The van der Waals surface area contributed by atoms with E-state index in [1.165, 1.54) is 12.1 Å². The number of rotatable bonds is 7. The number of nitrogens with one attached hydrogen (secondary N) is 3. The predicted octanol–water partition coefficient (Wildman–Crippen LogP) is 2.29. The van der Waals surface area contributed by atoms with Crippen molar-refractivity contribution in [3.05, 3.63) is 53.6 Å². The van der Waals surface area contributed by atoms with Gasteiger partial charge in [0.1, 0.15) is 5.75 Å². The molecule has 0 fully saturated rings. The molecule has 2 aromatic rings. The number of aryl methyl sites for hydroxylation is 2. The van der Waals surface area contributed by atoms with E-state index in [4.69, 9.17) is 0 Å². The molecule has 0 aliphatic rings. The summed E-state index contributed by atoms with van der Waals surface area (Å²) < 4.78 is 40.2. The lowest BCUT2D eigenvalue weighted by molar-refractivity contribution is -0.862. The highest BCUT2D eigenvalue weighted by Crippen LogP contribution is 2.23. The predicted molar refractivity (Wildman–Crippen MR) is 103 cm³/mol. The number of carbonyl (C=O) groups is 2. The van der Waals surface area contributed by atoms with Crippen LogP contribution in [0, 0.1) is 13.8 Å². The molecule has 6 nitrogen and oxygen atoms in total. The number of hydrogen-bond donors (Lipinski definition) is 3.